The summed E-state index contributed by atoms with van der Waals surface area (Å²) < 4.78 is 3.63. The van der Waals surface area contributed by atoms with Crippen molar-refractivity contribution in [3.8, 4) is 0 Å². The van der Waals surface area contributed by atoms with Gasteiger partial charge in [0.1, 0.15) is 0 Å². The lowest BCUT2D eigenvalue weighted by molar-refractivity contribution is 0.0730. The van der Waals surface area contributed by atoms with Crippen molar-refractivity contribution in [1.29, 1.82) is 0 Å². The number of fused-ring (bicyclic) bond motifs is 1. The molecule has 6 nitrogen and oxygen atoms in total. The van der Waals surface area contributed by atoms with Crippen LogP contribution in [0.15, 0.2) is 17.2 Å². The second-order valence-corrected chi connectivity index (χ2v) is 6.09. The second-order valence-electron chi connectivity index (χ2n) is 6.09. The highest BCUT2D eigenvalue weighted by atomic mass is 16.2. The van der Waals surface area contributed by atoms with Crippen LogP contribution in [0.25, 0.3) is 0 Å². The lowest BCUT2D eigenvalue weighted by atomic mass is 10.1. The Kier molecular flexibility index (Phi) is 3.83. The van der Waals surface area contributed by atoms with E-state index in [0.29, 0.717) is 19.5 Å². The normalized spacial score (nSPS) is 14.0. The average molecular weight is 314 g/mol. The predicted octanol–water partition coefficient (Wildman–Crippen LogP) is 1.42. The van der Waals surface area contributed by atoms with E-state index in [9.17, 15) is 9.59 Å². The van der Waals surface area contributed by atoms with Crippen molar-refractivity contribution in [3.05, 3.63) is 51.0 Å². The van der Waals surface area contributed by atoms with Gasteiger partial charge in [0.2, 0.25) is 0 Å². The molecular formula is C17H22N4O2. The Bertz CT molecular complexity index is 832. The lowest BCUT2D eigenvalue weighted by Crippen LogP contribution is -2.40. The topological polar surface area (TPSA) is 60.1 Å². The highest BCUT2D eigenvalue weighted by Crippen LogP contribution is 2.20. The number of aromatic nitrogens is 3. The maximum absolute atomic E-state index is 12.9. The van der Waals surface area contributed by atoms with Gasteiger partial charge in [-0.25, -0.2) is 4.98 Å². The zero-order valence-electron chi connectivity index (χ0n) is 14.1. The molecule has 6 heteroatoms. The fourth-order valence-electron chi connectivity index (χ4n) is 3.36. The van der Waals surface area contributed by atoms with E-state index in [-0.39, 0.29) is 11.5 Å². The zero-order valence-corrected chi connectivity index (χ0v) is 14.1. The van der Waals surface area contributed by atoms with E-state index in [1.807, 2.05) is 19.9 Å². The molecule has 2 aromatic rings. The molecule has 122 valence electrons. The number of nitrogens with zero attached hydrogens (tertiary/aromatic N) is 4. The molecule has 0 unspecified atom stereocenters. The molecule has 0 atom stereocenters. The van der Waals surface area contributed by atoms with E-state index in [1.54, 1.807) is 11.9 Å². The highest BCUT2D eigenvalue weighted by molar-refractivity contribution is 5.95. The van der Waals surface area contributed by atoms with Crippen LogP contribution in [0.1, 0.15) is 39.9 Å². The Balaban J connectivity index is 1.91. The summed E-state index contributed by atoms with van der Waals surface area (Å²) in [6.45, 7) is 7.89. The number of hydrogen-bond acceptors (Lipinski definition) is 3. The quantitative estimate of drug-likeness (QED) is 0.842. The summed E-state index contributed by atoms with van der Waals surface area (Å²) in [6, 6.07) is 1.95. The number of carbonyl (C=O) groups is 1. The first kappa shape index (κ1) is 15.5. The smallest absolute Gasteiger partial charge is 0.256 e. The number of rotatable bonds is 2. The van der Waals surface area contributed by atoms with Crippen molar-refractivity contribution < 1.29 is 4.79 Å². The average Bonchev–Trinajstić information content (AvgIpc) is 2.84. The Hall–Kier alpha value is -2.37. The first-order chi connectivity index (χ1) is 10.9. The van der Waals surface area contributed by atoms with Crippen molar-refractivity contribution in [1.82, 2.24) is 19.0 Å². The van der Waals surface area contributed by atoms with Crippen LogP contribution in [-0.4, -0.2) is 31.5 Å². The molecule has 0 spiro atoms. The molecule has 1 amide bonds. The van der Waals surface area contributed by atoms with E-state index in [4.69, 9.17) is 0 Å². The SMILES string of the molecule is CCn1c(C)cc(C(=O)N2CCc3c(ncn(C)c3=O)C2)c1C. The standard InChI is InChI=1S/C17H22N4O2/c1-5-21-11(2)8-14(12(21)3)17(23)20-7-6-13-15(9-20)18-10-19(4)16(13)22/h8,10H,5-7,9H2,1-4H3. The van der Waals surface area contributed by atoms with Gasteiger partial charge in [0.05, 0.1) is 24.1 Å². The first-order valence-electron chi connectivity index (χ1n) is 7.93. The summed E-state index contributed by atoms with van der Waals surface area (Å²) in [5, 5.41) is 0. The molecule has 23 heavy (non-hydrogen) atoms. The minimum Gasteiger partial charge on any atom is -0.349 e. The molecule has 1 aliphatic heterocycles. The maximum atomic E-state index is 12.9. The van der Waals surface area contributed by atoms with E-state index in [2.05, 4.69) is 16.5 Å². The van der Waals surface area contributed by atoms with Gasteiger partial charge in [-0.15, -0.1) is 0 Å². The third-order valence-corrected chi connectivity index (χ3v) is 4.69. The van der Waals surface area contributed by atoms with E-state index >= 15 is 0 Å². The van der Waals surface area contributed by atoms with Crippen molar-refractivity contribution in [2.24, 2.45) is 7.05 Å². The van der Waals surface area contributed by atoms with E-state index in [0.717, 1.165) is 34.8 Å². The molecule has 1 aliphatic rings. The van der Waals surface area contributed by atoms with Gasteiger partial charge in [-0.3, -0.25) is 9.59 Å². The summed E-state index contributed by atoms with van der Waals surface area (Å²) >= 11 is 0. The van der Waals surface area contributed by atoms with E-state index in [1.165, 1.54) is 10.9 Å². The van der Waals surface area contributed by atoms with Crippen LogP contribution in [0.3, 0.4) is 0 Å². The molecule has 2 aromatic heterocycles. The van der Waals surface area contributed by atoms with Crippen LogP contribution in [-0.2, 0) is 26.6 Å². The van der Waals surface area contributed by atoms with Gasteiger partial charge in [-0.05, 0) is 33.3 Å². The third-order valence-electron chi connectivity index (χ3n) is 4.69. The largest absolute Gasteiger partial charge is 0.349 e. The summed E-state index contributed by atoms with van der Waals surface area (Å²) in [7, 11) is 1.70. The Morgan fingerprint density at radius 3 is 2.74 bits per heavy atom. The molecule has 3 heterocycles. The van der Waals surface area contributed by atoms with Gasteiger partial charge in [0.15, 0.2) is 0 Å². The van der Waals surface area contributed by atoms with Crippen LogP contribution in [0, 0.1) is 13.8 Å². The molecule has 0 aromatic carbocycles. The maximum Gasteiger partial charge on any atom is 0.256 e. The summed E-state index contributed by atoms with van der Waals surface area (Å²) in [4.78, 5) is 31.1. The number of amides is 1. The van der Waals surface area contributed by atoms with Crippen LogP contribution in [0.5, 0.6) is 0 Å². The molecule has 0 radical (unpaired) electrons. The fraction of sp³-hybridized carbons (Fsp3) is 0.471. The summed E-state index contributed by atoms with van der Waals surface area (Å²) in [5.41, 5.74) is 4.29. The van der Waals surface area contributed by atoms with Gasteiger partial charge < -0.3 is 14.0 Å². The van der Waals surface area contributed by atoms with Gasteiger partial charge in [-0.2, -0.15) is 0 Å². The fourth-order valence-corrected chi connectivity index (χ4v) is 3.36. The molecule has 0 aliphatic carbocycles. The highest BCUT2D eigenvalue weighted by Gasteiger charge is 2.26. The van der Waals surface area contributed by atoms with Crippen molar-refractivity contribution in [2.45, 2.75) is 40.3 Å². The van der Waals surface area contributed by atoms with E-state index < -0.39 is 0 Å². The molecule has 0 saturated heterocycles. The summed E-state index contributed by atoms with van der Waals surface area (Å²) in [6.07, 6.45) is 2.09. The monoisotopic (exact) mass is 314 g/mol. The molecular weight excluding hydrogens is 292 g/mol. The van der Waals surface area contributed by atoms with Crippen molar-refractivity contribution in [2.75, 3.05) is 6.54 Å². The lowest BCUT2D eigenvalue weighted by Gasteiger charge is -2.28. The molecule has 0 fully saturated rings. The summed E-state index contributed by atoms with van der Waals surface area (Å²) in [5.74, 6) is 0.0194. The van der Waals surface area contributed by atoms with Crippen LogP contribution < -0.4 is 5.56 Å². The molecule has 0 bridgehead atoms. The van der Waals surface area contributed by atoms with Crippen LogP contribution >= 0.6 is 0 Å². The van der Waals surface area contributed by atoms with Crippen LogP contribution in [0.4, 0.5) is 0 Å². The Labute approximate surface area is 135 Å². The predicted molar refractivity (Wildman–Crippen MR) is 87.5 cm³/mol. The van der Waals surface area contributed by atoms with Gasteiger partial charge in [0, 0.05) is 37.1 Å². The first-order valence-corrected chi connectivity index (χ1v) is 7.93. The zero-order chi connectivity index (χ0) is 16.7. The molecule has 0 saturated carbocycles. The minimum absolute atomic E-state index is 0.00809. The van der Waals surface area contributed by atoms with Crippen molar-refractivity contribution in [3.63, 3.8) is 0 Å². The number of hydrogen-bond donors (Lipinski definition) is 0. The van der Waals surface area contributed by atoms with Gasteiger partial charge in [0.25, 0.3) is 11.5 Å². The molecule has 0 N–H and O–H groups in total. The Morgan fingerprint density at radius 1 is 1.35 bits per heavy atom. The van der Waals surface area contributed by atoms with Crippen molar-refractivity contribution >= 4 is 5.91 Å². The van der Waals surface area contributed by atoms with Gasteiger partial charge >= 0.3 is 0 Å². The second kappa shape index (κ2) is 5.68. The Morgan fingerprint density at radius 2 is 2.09 bits per heavy atom. The van der Waals surface area contributed by atoms with Crippen LogP contribution in [0.2, 0.25) is 0 Å². The minimum atomic E-state index is -0.00809. The number of aryl methyl sites for hydroxylation is 2. The van der Waals surface area contributed by atoms with Gasteiger partial charge in [-0.1, -0.05) is 0 Å². The third kappa shape index (κ3) is 2.48. The molecule has 3 rings (SSSR count). The number of carbonyl (C=O) groups excluding carboxylic acids is 1.